The Morgan fingerprint density at radius 2 is 2.08 bits per heavy atom. The first-order valence-corrected chi connectivity index (χ1v) is 8.24. The summed E-state index contributed by atoms with van der Waals surface area (Å²) in [7, 11) is 0. The molecule has 2 heterocycles. The molecule has 0 amide bonds. The number of thiazole rings is 1. The van der Waals surface area contributed by atoms with Crippen molar-refractivity contribution in [2.45, 2.75) is 25.9 Å². The molecule has 0 saturated carbocycles. The van der Waals surface area contributed by atoms with Crippen LogP contribution in [0.3, 0.4) is 0 Å². The van der Waals surface area contributed by atoms with E-state index in [0.717, 1.165) is 15.8 Å². The van der Waals surface area contributed by atoms with Crippen molar-refractivity contribution in [1.82, 2.24) is 15.0 Å². The number of nitrogens with two attached hydrogens (primary N) is 2. The number of aromatic nitrogens is 3. The first-order chi connectivity index (χ1) is 11.4. The smallest absolute Gasteiger partial charge is 0.181 e. The predicted molar refractivity (Wildman–Crippen MR) is 98.5 cm³/mol. The number of hydrogen-bond donors (Lipinski definition) is 3. The Balaban J connectivity index is 1.72. The second kappa shape index (κ2) is 6.43. The van der Waals surface area contributed by atoms with E-state index in [-0.39, 0.29) is 0 Å². The quantitative estimate of drug-likeness (QED) is 0.634. The maximum absolute atomic E-state index is 5.85. The minimum absolute atomic E-state index is 0.558. The summed E-state index contributed by atoms with van der Waals surface area (Å²) in [4.78, 5) is 12.8. The number of anilines is 2. The maximum Gasteiger partial charge on any atom is 0.181 e. The van der Waals surface area contributed by atoms with Crippen LogP contribution in [0.4, 0.5) is 10.9 Å². The van der Waals surface area contributed by atoms with Crippen molar-refractivity contribution in [3.8, 4) is 11.8 Å². The molecule has 3 aromatic rings. The van der Waals surface area contributed by atoms with Gasteiger partial charge in [0.15, 0.2) is 5.13 Å². The van der Waals surface area contributed by atoms with Gasteiger partial charge in [-0.1, -0.05) is 23.3 Å². The van der Waals surface area contributed by atoms with E-state index in [9.17, 15) is 0 Å². The molecule has 0 fully saturated rings. The van der Waals surface area contributed by atoms with Crippen LogP contribution in [0.2, 0.25) is 0 Å². The van der Waals surface area contributed by atoms with Gasteiger partial charge in [0.25, 0.3) is 0 Å². The third-order valence-corrected chi connectivity index (χ3v) is 3.94. The van der Waals surface area contributed by atoms with E-state index >= 15 is 0 Å². The fourth-order valence-electron chi connectivity index (χ4n) is 2.03. The van der Waals surface area contributed by atoms with Crippen LogP contribution in [0.25, 0.3) is 10.2 Å². The van der Waals surface area contributed by atoms with Crippen molar-refractivity contribution in [2.24, 2.45) is 5.73 Å². The molecule has 7 heteroatoms. The molecule has 2 aromatic heterocycles. The van der Waals surface area contributed by atoms with Crippen LogP contribution in [0.5, 0.6) is 0 Å². The Kier molecular flexibility index (Phi) is 4.34. The topological polar surface area (TPSA) is 103 Å². The number of nitrogens with zero attached hydrogens (tertiary/aromatic N) is 3. The van der Waals surface area contributed by atoms with Crippen molar-refractivity contribution in [3.05, 3.63) is 41.9 Å². The van der Waals surface area contributed by atoms with E-state index in [1.807, 2.05) is 26.0 Å². The van der Waals surface area contributed by atoms with Gasteiger partial charge in [0.05, 0.1) is 28.1 Å². The molecule has 6 nitrogen and oxygen atoms in total. The first-order valence-electron chi connectivity index (χ1n) is 7.42. The molecule has 1 aromatic carbocycles. The van der Waals surface area contributed by atoms with E-state index < -0.39 is 5.54 Å². The average Bonchev–Trinajstić information content (AvgIpc) is 2.90. The molecule has 5 N–H and O–H groups in total. The van der Waals surface area contributed by atoms with Crippen molar-refractivity contribution in [3.63, 3.8) is 0 Å². The van der Waals surface area contributed by atoms with Crippen LogP contribution in [0.15, 0.2) is 30.6 Å². The van der Waals surface area contributed by atoms with Crippen molar-refractivity contribution in [1.29, 1.82) is 0 Å². The highest BCUT2D eigenvalue weighted by atomic mass is 32.1. The molecular weight excluding hydrogens is 320 g/mol. The van der Waals surface area contributed by atoms with Gasteiger partial charge < -0.3 is 16.8 Å². The van der Waals surface area contributed by atoms with Crippen LogP contribution < -0.4 is 16.8 Å². The number of fused-ring (bicyclic) bond motifs is 1. The van der Waals surface area contributed by atoms with E-state index in [1.54, 1.807) is 12.4 Å². The van der Waals surface area contributed by atoms with Crippen LogP contribution in [-0.4, -0.2) is 20.5 Å². The van der Waals surface area contributed by atoms with Gasteiger partial charge in [0, 0.05) is 6.54 Å². The summed E-state index contributed by atoms with van der Waals surface area (Å²) >= 11 is 1.48. The Bertz CT molecular complexity index is 929. The molecule has 24 heavy (non-hydrogen) atoms. The molecule has 0 radical (unpaired) electrons. The normalized spacial score (nSPS) is 11.1. The van der Waals surface area contributed by atoms with Crippen molar-refractivity contribution >= 4 is 32.5 Å². The van der Waals surface area contributed by atoms with E-state index in [2.05, 4.69) is 38.2 Å². The third-order valence-electron chi connectivity index (χ3n) is 3.09. The summed E-state index contributed by atoms with van der Waals surface area (Å²) in [5.74, 6) is 6.55. The lowest BCUT2D eigenvalue weighted by atomic mass is 10.1. The van der Waals surface area contributed by atoms with Crippen LogP contribution in [-0.2, 0) is 6.54 Å². The number of rotatable bonds is 3. The fraction of sp³-hybridized carbons (Fsp3) is 0.235. The van der Waals surface area contributed by atoms with Gasteiger partial charge in [0.2, 0.25) is 0 Å². The molecule has 0 bridgehead atoms. The zero-order valence-electron chi connectivity index (χ0n) is 13.5. The summed E-state index contributed by atoms with van der Waals surface area (Å²) in [6, 6.07) is 6.06. The molecule has 122 valence electrons. The molecular formula is C17H18N6S. The van der Waals surface area contributed by atoms with Gasteiger partial charge in [0.1, 0.15) is 11.5 Å². The minimum atomic E-state index is -0.558. The van der Waals surface area contributed by atoms with Gasteiger partial charge >= 0.3 is 0 Å². The maximum atomic E-state index is 5.85. The lowest BCUT2D eigenvalue weighted by Gasteiger charge is -2.08. The molecule has 0 spiro atoms. The van der Waals surface area contributed by atoms with Gasteiger partial charge in [-0.3, -0.25) is 4.98 Å². The van der Waals surface area contributed by atoms with E-state index in [1.165, 1.54) is 11.3 Å². The second-order valence-corrected chi connectivity index (χ2v) is 7.03. The summed E-state index contributed by atoms with van der Waals surface area (Å²) in [5.41, 5.74) is 13.7. The van der Waals surface area contributed by atoms with Crippen LogP contribution >= 0.6 is 11.3 Å². The molecule has 3 rings (SSSR count). The fourth-order valence-corrected chi connectivity index (χ4v) is 2.82. The van der Waals surface area contributed by atoms with E-state index in [4.69, 9.17) is 11.5 Å². The highest BCUT2D eigenvalue weighted by molar-refractivity contribution is 7.22. The summed E-state index contributed by atoms with van der Waals surface area (Å²) < 4.78 is 1.07. The SMILES string of the molecule is CC(C)(N)C#Cc1cncc(NCc2ccc3nc(N)sc3c2)n1. The standard InChI is InChI=1S/C17H18N6S/c1-17(2,19)6-5-12-9-20-10-15(22-12)21-8-11-3-4-13-14(7-11)24-16(18)23-13/h3-4,7,9-10H,8,19H2,1-2H3,(H2,18,23)(H,21,22). The Morgan fingerprint density at radius 1 is 1.25 bits per heavy atom. The van der Waals surface area contributed by atoms with Gasteiger partial charge in [-0.25, -0.2) is 9.97 Å². The monoisotopic (exact) mass is 338 g/mol. The molecule has 0 aliphatic rings. The largest absolute Gasteiger partial charge is 0.375 e. The number of nitrogen functional groups attached to an aromatic ring is 1. The Hall–Kier alpha value is -2.69. The molecule has 0 unspecified atom stereocenters. The highest BCUT2D eigenvalue weighted by Crippen LogP contribution is 2.24. The van der Waals surface area contributed by atoms with Crippen LogP contribution in [0.1, 0.15) is 25.1 Å². The van der Waals surface area contributed by atoms with Crippen molar-refractivity contribution < 1.29 is 0 Å². The summed E-state index contributed by atoms with van der Waals surface area (Å²) in [6.45, 7) is 4.32. The lowest BCUT2D eigenvalue weighted by Crippen LogP contribution is -2.29. The Morgan fingerprint density at radius 3 is 2.88 bits per heavy atom. The number of benzene rings is 1. The lowest BCUT2D eigenvalue weighted by molar-refractivity contribution is 0.680. The zero-order valence-corrected chi connectivity index (χ0v) is 14.3. The minimum Gasteiger partial charge on any atom is -0.375 e. The summed E-state index contributed by atoms with van der Waals surface area (Å²) in [6.07, 6.45) is 3.29. The number of nitrogens with one attached hydrogen (secondary N) is 1. The van der Waals surface area contributed by atoms with Crippen LogP contribution in [0, 0.1) is 11.8 Å². The second-order valence-electron chi connectivity index (χ2n) is 5.97. The average molecular weight is 338 g/mol. The molecule has 0 aliphatic heterocycles. The Labute approximate surface area is 144 Å². The molecule has 0 saturated heterocycles. The highest BCUT2D eigenvalue weighted by Gasteiger charge is 2.05. The predicted octanol–water partition coefficient (Wildman–Crippen LogP) is 2.37. The van der Waals surface area contributed by atoms with Gasteiger partial charge in [-0.15, -0.1) is 0 Å². The summed E-state index contributed by atoms with van der Waals surface area (Å²) in [5, 5.41) is 3.83. The molecule has 0 aliphatic carbocycles. The third kappa shape index (κ3) is 4.19. The zero-order chi connectivity index (χ0) is 17.2. The molecule has 0 atom stereocenters. The van der Waals surface area contributed by atoms with E-state index in [0.29, 0.717) is 23.2 Å². The first kappa shape index (κ1) is 16.2. The van der Waals surface area contributed by atoms with Crippen molar-refractivity contribution in [2.75, 3.05) is 11.1 Å². The number of hydrogen-bond acceptors (Lipinski definition) is 7. The van der Waals surface area contributed by atoms with Gasteiger partial charge in [-0.2, -0.15) is 0 Å². The van der Waals surface area contributed by atoms with Gasteiger partial charge in [-0.05, 0) is 37.5 Å².